The lowest BCUT2D eigenvalue weighted by Crippen LogP contribution is -2.14. The lowest BCUT2D eigenvalue weighted by molar-refractivity contribution is 0.0571. The van der Waals surface area contributed by atoms with Crippen molar-refractivity contribution in [1.82, 2.24) is 0 Å². The molecule has 2 rings (SSSR count). The Kier molecular flexibility index (Phi) is 5.76. The first-order chi connectivity index (χ1) is 9.86. The zero-order valence-electron chi connectivity index (χ0n) is 11.1. The van der Waals surface area contributed by atoms with E-state index >= 15 is 0 Å². The van der Waals surface area contributed by atoms with Gasteiger partial charge in [0.1, 0.15) is 6.61 Å². The number of para-hydroxylation sites is 1. The van der Waals surface area contributed by atoms with Crippen molar-refractivity contribution < 1.29 is 14.4 Å². The fourth-order valence-corrected chi connectivity index (χ4v) is 1.61. The molecule has 0 aliphatic rings. The van der Waals surface area contributed by atoms with E-state index in [9.17, 15) is 4.79 Å². The first-order valence-corrected chi connectivity index (χ1v) is 6.45. The predicted molar refractivity (Wildman–Crippen MR) is 77.6 cm³/mol. The Morgan fingerprint density at radius 1 is 0.900 bits per heavy atom. The standard InChI is InChI=1S/C16H17NO3/c18-16(14-7-3-1-4-8-14)13-19-11-12-20-17-15-9-5-2-6-10-15/h1-10,17H,11-13H2. The largest absolute Gasteiger partial charge is 0.371 e. The van der Waals surface area contributed by atoms with Gasteiger partial charge in [0.25, 0.3) is 0 Å². The summed E-state index contributed by atoms with van der Waals surface area (Å²) in [5.74, 6) is -0.0263. The lowest BCUT2D eigenvalue weighted by atomic mass is 10.1. The van der Waals surface area contributed by atoms with Gasteiger partial charge in [-0.3, -0.25) is 15.1 Å². The van der Waals surface area contributed by atoms with Crippen LogP contribution in [0.3, 0.4) is 0 Å². The molecule has 4 heteroatoms. The van der Waals surface area contributed by atoms with E-state index in [1.165, 1.54) is 0 Å². The lowest BCUT2D eigenvalue weighted by Gasteiger charge is -2.07. The van der Waals surface area contributed by atoms with Crippen LogP contribution >= 0.6 is 0 Å². The molecule has 2 aromatic carbocycles. The van der Waals surface area contributed by atoms with Crippen LogP contribution < -0.4 is 5.48 Å². The van der Waals surface area contributed by atoms with Crippen molar-refractivity contribution in [2.45, 2.75) is 0 Å². The molecule has 0 radical (unpaired) electrons. The fourth-order valence-electron chi connectivity index (χ4n) is 1.61. The van der Waals surface area contributed by atoms with E-state index in [1.807, 2.05) is 48.5 Å². The van der Waals surface area contributed by atoms with E-state index < -0.39 is 0 Å². The summed E-state index contributed by atoms with van der Waals surface area (Å²) in [6.45, 7) is 0.800. The molecule has 20 heavy (non-hydrogen) atoms. The van der Waals surface area contributed by atoms with Crippen molar-refractivity contribution in [2.24, 2.45) is 0 Å². The minimum Gasteiger partial charge on any atom is -0.371 e. The van der Waals surface area contributed by atoms with Gasteiger partial charge < -0.3 is 4.74 Å². The molecule has 0 aliphatic carbocycles. The maximum Gasteiger partial charge on any atom is 0.188 e. The molecule has 0 saturated carbocycles. The zero-order chi connectivity index (χ0) is 14.0. The molecule has 0 bridgehead atoms. The van der Waals surface area contributed by atoms with Gasteiger partial charge in [-0.25, -0.2) is 0 Å². The maximum absolute atomic E-state index is 11.7. The van der Waals surface area contributed by atoms with Gasteiger partial charge in [-0.05, 0) is 12.1 Å². The second kappa shape index (κ2) is 8.09. The van der Waals surface area contributed by atoms with Gasteiger partial charge in [0.2, 0.25) is 0 Å². The molecule has 1 N–H and O–H groups in total. The molecule has 0 aliphatic heterocycles. The van der Waals surface area contributed by atoms with Crippen molar-refractivity contribution in [3.63, 3.8) is 0 Å². The first kappa shape index (κ1) is 14.2. The molecule has 0 aromatic heterocycles. The normalized spacial score (nSPS) is 10.2. The Bertz CT molecular complexity index is 514. The van der Waals surface area contributed by atoms with Gasteiger partial charge in [0.15, 0.2) is 5.78 Å². The monoisotopic (exact) mass is 271 g/mol. The van der Waals surface area contributed by atoms with Gasteiger partial charge >= 0.3 is 0 Å². The van der Waals surface area contributed by atoms with Gasteiger partial charge in [-0.15, -0.1) is 0 Å². The summed E-state index contributed by atoms with van der Waals surface area (Å²) in [4.78, 5) is 16.9. The number of hydrogen-bond acceptors (Lipinski definition) is 4. The summed E-state index contributed by atoms with van der Waals surface area (Å²) in [6, 6.07) is 18.7. The van der Waals surface area contributed by atoms with Crippen LogP contribution in [0.2, 0.25) is 0 Å². The number of carbonyl (C=O) groups excluding carboxylic acids is 1. The number of carbonyl (C=O) groups is 1. The van der Waals surface area contributed by atoms with Gasteiger partial charge in [0, 0.05) is 5.56 Å². The SMILES string of the molecule is O=C(COCCONc1ccccc1)c1ccccc1. The van der Waals surface area contributed by atoms with Crippen molar-refractivity contribution in [3.05, 3.63) is 66.2 Å². The third-order valence-corrected chi connectivity index (χ3v) is 2.62. The maximum atomic E-state index is 11.7. The van der Waals surface area contributed by atoms with Gasteiger partial charge in [0.05, 0.1) is 18.9 Å². The highest BCUT2D eigenvalue weighted by molar-refractivity contribution is 5.96. The summed E-state index contributed by atoms with van der Waals surface area (Å²) in [5, 5.41) is 0. The Morgan fingerprint density at radius 2 is 1.55 bits per heavy atom. The Balaban J connectivity index is 1.57. The zero-order valence-corrected chi connectivity index (χ0v) is 11.1. The molecule has 0 fully saturated rings. The number of hydrogen-bond donors (Lipinski definition) is 1. The highest BCUT2D eigenvalue weighted by Crippen LogP contribution is 2.04. The molecule has 0 atom stereocenters. The third-order valence-electron chi connectivity index (χ3n) is 2.62. The molecule has 0 saturated heterocycles. The molecule has 0 heterocycles. The van der Waals surface area contributed by atoms with Crippen LogP contribution in [0.25, 0.3) is 0 Å². The summed E-state index contributed by atoms with van der Waals surface area (Å²) >= 11 is 0. The number of nitrogens with one attached hydrogen (secondary N) is 1. The first-order valence-electron chi connectivity index (χ1n) is 6.45. The molecular weight excluding hydrogens is 254 g/mol. The molecule has 0 unspecified atom stereocenters. The van der Waals surface area contributed by atoms with E-state index in [4.69, 9.17) is 9.57 Å². The predicted octanol–water partition coefficient (Wildman–Crippen LogP) is 2.93. The van der Waals surface area contributed by atoms with E-state index in [-0.39, 0.29) is 12.4 Å². The smallest absolute Gasteiger partial charge is 0.188 e. The van der Waals surface area contributed by atoms with Crippen LogP contribution in [0.15, 0.2) is 60.7 Å². The molecule has 0 amide bonds. The molecule has 4 nitrogen and oxygen atoms in total. The van der Waals surface area contributed by atoms with Gasteiger partial charge in [-0.2, -0.15) is 0 Å². The van der Waals surface area contributed by atoms with E-state index in [1.54, 1.807) is 12.1 Å². The Labute approximate surface area is 118 Å². The molecule has 2 aromatic rings. The average molecular weight is 271 g/mol. The average Bonchev–Trinajstić information content (AvgIpc) is 2.52. The van der Waals surface area contributed by atoms with E-state index in [0.29, 0.717) is 18.8 Å². The highest BCUT2D eigenvalue weighted by Gasteiger charge is 2.04. The topological polar surface area (TPSA) is 47.6 Å². The van der Waals surface area contributed by atoms with Crippen LogP contribution in [0.5, 0.6) is 0 Å². The van der Waals surface area contributed by atoms with Crippen LogP contribution in [0.4, 0.5) is 5.69 Å². The third kappa shape index (κ3) is 4.84. The summed E-state index contributed by atoms with van der Waals surface area (Å²) in [6.07, 6.45) is 0. The van der Waals surface area contributed by atoms with Crippen molar-refractivity contribution in [3.8, 4) is 0 Å². The molecule has 104 valence electrons. The fraction of sp³-hybridized carbons (Fsp3) is 0.188. The van der Waals surface area contributed by atoms with Crippen LogP contribution in [0, 0.1) is 0 Å². The van der Waals surface area contributed by atoms with Crippen LogP contribution in [-0.4, -0.2) is 25.6 Å². The second-order valence-electron chi connectivity index (χ2n) is 4.16. The van der Waals surface area contributed by atoms with Crippen molar-refractivity contribution in [2.75, 3.05) is 25.3 Å². The minimum absolute atomic E-state index is 0.0263. The summed E-state index contributed by atoms with van der Waals surface area (Å²) in [7, 11) is 0. The molecular formula is C16H17NO3. The number of anilines is 1. The molecule has 0 spiro atoms. The number of rotatable bonds is 8. The highest BCUT2D eigenvalue weighted by atomic mass is 16.7. The number of ether oxygens (including phenoxy) is 1. The van der Waals surface area contributed by atoms with E-state index in [2.05, 4.69) is 5.48 Å². The van der Waals surface area contributed by atoms with Crippen molar-refractivity contribution >= 4 is 11.5 Å². The Hall–Kier alpha value is -2.17. The number of benzene rings is 2. The minimum atomic E-state index is -0.0263. The second-order valence-corrected chi connectivity index (χ2v) is 4.16. The summed E-state index contributed by atoms with van der Waals surface area (Å²) in [5.41, 5.74) is 4.34. The number of ketones is 1. The van der Waals surface area contributed by atoms with E-state index in [0.717, 1.165) is 5.69 Å². The van der Waals surface area contributed by atoms with Crippen LogP contribution in [-0.2, 0) is 9.57 Å². The Morgan fingerprint density at radius 3 is 2.25 bits per heavy atom. The quantitative estimate of drug-likeness (QED) is 0.455. The van der Waals surface area contributed by atoms with Crippen molar-refractivity contribution in [1.29, 1.82) is 0 Å². The van der Waals surface area contributed by atoms with Crippen LogP contribution in [0.1, 0.15) is 10.4 Å². The summed E-state index contributed by atoms with van der Waals surface area (Å²) < 4.78 is 5.27. The van der Waals surface area contributed by atoms with Gasteiger partial charge in [-0.1, -0.05) is 48.5 Å². The number of Topliss-reactive ketones (excluding diaryl/α,β-unsaturated/α-hetero) is 1.